The van der Waals surface area contributed by atoms with Crippen LogP contribution in [0.25, 0.3) is 0 Å². The lowest BCUT2D eigenvalue weighted by atomic mass is 10.1. The van der Waals surface area contributed by atoms with Gasteiger partial charge in [-0.2, -0.15) is 0 Å². The summed E-state index contributed by atoms with van der Waals surface area (Å²) < 4.78 is 0. The van der Waals surface area contributed by atoms with Crippen molar-refractivity contribution in [2.24, 2.45) is 0 Å². The van der Waals surface area contributed by atoms with E-state index in [1.54, 1.807) is 11.0 Å². The molecule has 3 nitrogen and oxygen atoms in total. The van der Waals surface area contributed by atoms with E-state index in [4.69, 9.17) is 0 Å². The number of allylic oxidation sites excluding steroid dienone is 1. The largest absolute Gasteiger partial charge is 0.295 e. The molecule has 2 aromatic rings. The summed E-state index contributed by atoms with van der Waals surface area (Å²) in [4.78, 5) is 26.8. The molecule has 0 aliphatic carbocycles. The van der Waals surface area contributed by atoms with E-state index >= 15 is 0 Å². The van der Waals surface area contributed by atoms with Crippen LogP contribution < -0.4 is 4.90 Å². The molecule has 0 bridgehead atoms. The molecule has 0 N–H and O–H groups in total. The number of para-hydroxylation sites is 1. The fraction of sp³-hybridized carbons (Fsp3) is 0.200. The molecule has 1 heterocycles. The second kappa shape index (κ2) is 7.49. The normalized spacial score (nSPS) is 19.0. The summed E-state index contributed by atoms with van der Waals surface area (Å²) in [6.07, 6.45) is 2.91. The Labute approximate surface area is 146 Å². The van der Waals surface area contributed by atoms with Gasteiger partial charge in [-0.15, -0.1) is 0 Å². The van der Waals surface area contributed by atoms with Gasteiger partial charge in [-0.3, -0.25) is 14.5 Å². The summed E-state index contributed by atoms with van der Waals surface area (Å²) >= 11 is 1.45. The number of thioether (sulfide) groups is 1. The van der Waals surface area contributed by atoms with Gasteiger partial charge < -0.3 is 0 Å². The highest BCUT2D eigenvalue weighted by molar-refractivity contribution is 8.04. The first-order valence-electron chi connectivity index (χ1n) is 8.06. The number of hydrogen-bond acceptors (Lipinski definition) is 3. The number of ketones is 1. The van der Waals surface area contributed by atoms with Crippen molar-refractivity contribution in [3.05, 3.63) is 77.3 Å². The summed E-state index contributed by atoms with van der Waals surface area (Å²) in [6.45, 7) is 1.98. The Morgan fingerprint density at radius 2 is 1.71 bits per heavy atom. The summed E-state index contributed by atoms with van der Waals surface area (Å²) in [5.74, 6) is 0.0513. The molecule has 2 aromatic carbocycles. The van der Waals surface area contributed by atoms with Crippen molar-refractivity contribution in [3.8, 4) is 0 Å². The first-order chi connectivity index (χ1) is 11.7. The van der Waals surface area contributed by atoms with Gasteiger partial charge in [0.05, 0.1) is 5.03 Å². The van der Waals surface area contributed by atoms with Crippen LogP contribution in [0.5, 0.6) is 0 Å². The maximum absolute atomic E-state index is 13.0. The number of hydrogen-bond donors (Lipinski definition) is 0. The second-order valence-electron chi connectivity index (χ2n) is 5.62. The molecule has 1 fully saturated rings. The first kappa shape index (κ1) is 16.5. The fourth-order valence-corrected chi connectivity index (χ4v) is 3.92. The maximum Gasteiger partial charge on any atom is 0.249 e. The minimum Gasteiger partial charge on any atom is -0.295 e. The number of benzene rings is 2. The van der Waals surface area contributed by atoms with Crippen molar-refractivity contribution < 1.29 is 9.59 Å². The van der Waals surface area contributed by atoms with Crippen molar-refractivity contribution in [2.75, 3.05) is 4.90 Å². The van der Waals surface area contributed by atoms with E-state index in [0.717, 1.165) is 17.7 Å². The average molecular weight is 337 g/mol. The van der Waals surface area contributed by atoms with Crippen LogP contribution in [-0.4, -0.2) is 11.7 Å². The topological polar surface area (TPSA) is 37.4 Å². The summed E-state index contributed by atoms with van der Waals surface area (Å²) in [5.41, 5.74) is 1.75. The molecule has 3 rings (SSSR count). The van der Waals surface area contributed by atoms with Gasteiger partial charge >= 0.3 is 0 Å². The van der Waals surface area contributed by atoms with E-state index in [1.165, 1.54) is 11.8 Å². The molecule has 1 aliphatic rings. The van der Waals surface area contributed by atoms with Crippen molar-refractivity contribution >= 4 is 29.1 Å². The number of rotatable bonds is 5. The molecule has 1 atom stereocenters. The minimum absolute atomic E-state index is 0.00653. The molecular formula is C20H19NO2S. The standard InChI is InChI=1S/C20H19NO2S/c1-2-9-17(22)14-18-21(16-12-7-4-8-13-16)20(23)19(24-18)15-10-5-3-6-11-15/h3-8,10-14,19H,2,9H2,1H3. The molecule has 0 aromatic heterocycles. The minimum atomic E-state index is -0.313. The molecule has 4 heteroatoms. The van der Waals surface area contributed by atoms with Gasteiger partial charge in [0.1, 0.15) is 5.25 Å². The van der Waals surface area contributed by atoms with Crippen molar-refractivity contribution in [1.82, 2.24) is 0 Å². The summed E-state index contributed by atoms with van der Waals surface area (Å²) in [7, 11) is 0. The number of amides is 1. The molecular weight excluding hydrogens is 318 g/mol. The third kappa shape index (κ3) is 3.44. The van der Waals surface area contributed by atoms with Gasteiger partial charge in [0.2, 0.25) is 5.91 Å². The van der Waals surface area contributed by atoms with E-state index in [9.17, 15) is 9.59 Å². The fourth-order valence-electron chi connectivity index (χ4n) is 2.67. The zero-order valence-corrected chi connectivity index (χ0v) is 14.3. The SMILES string of the molecule is CCCC(=O)C=C1SC(c2ccccc2)C(=O)N1c1ccccc1. The molecule has 0 radical (unpaired) electrons. The zero-order chi connectivity index (χ0) is 16.9. The number of nitrogens with zero attached hydrogens (tertiary/aromatic N) is 1. The van der Waals surface area contributed by atoms with Gasteiger partial charge in [0.15, 0.2) is 5.78 Å². The first-order valence-corrected chi connectivity index (χ1v) is 8.94. The van der Waals surface area contributed by atoms with Crippen LogP contribution in [0.1, 0.15) is 30.6 Å². The number of anilines is 1. The molecule has 0 spiro atoms. The van der Waals surface area contributed by atoms with Crippen molar-refractivity contribution in [3.63, 3.8) is 0 Å². The third-order valence-corrected chi connectivity index (χ3v) is 5.05. The average Bonchev–Trinajstić information content (AvgIpc) is 2.92. The molecule has 1 amide bonds. The molecule has 1 saturated heterocycles. The van der Waals surface area contributed by atoms with Gasteiger partial charge in [-0.25, -0.2) is 0 Å². The van der Waals surface area contributed by atoms with Crippen LogP contribution in [0, 0.1) is 0 Å². The molecule has 24 heavy (non-hydrogen) atoms. The van der Waals surface area contributed by atoms with Gasteiger partial charge in [-0.05, 0) is 24.1 Å². The van der Waals surface area contributed by atoms with Crippen LogP contribution in [-0.2, 0) is 9.59 Å². The van der Waals surface area contributed by atoms with E-state index in [2.05, 4.69) is 0 Å². The zero-order valence-electron chi connectivity index (χ0n) is 13.5. The third-order valence-electron chi connectivity index (χ3n) is 3.80. The monoisotopic (exact) mass is 337 g/mol. The van der Waals surface area contributed by atoms with Gasteiger partial charge in [0, 0.05) is 18.2 Å². The van der Waals surface area contributed by atoms with Crippen LogP contribution in [0.2, 0.25) is 0 Å². The lowest BCUT2D eigenvalue weighted by Crippen LogP contribution is -2.25. The van der Waals surface area contributed by atoms with Crippen LogP contribution in [0.15, 0.2) is 71.8 Å². The molecule has 1 unspecified atom stereocenters. The van der Waals surface area contributed by atoms with Crippen molar-refractivity contribution in [1.29, 1.82) is 0 Å². The highest BCUT2D eigenvalue weighted by Gasteiger charge is 2.38. The predicted octanol–water partition coefficient (Wildman–Crippen LogP) is 4.72. The second-order valence-corrected chi connectivity index (χ2v) is 6.74. The highest BCUT2D eigenvalue weighted by Crippen LogP contribution is 2.46. The molecule has 0 saturated carbocycles. The quantitative estimate of drug-likeness (QED) is 0.741. The molecule has 122 valence electrons. The molecule has 1 aliphatic heterocycles. The lowest BCUT2D eigenvalue weighted by molar-refractivity contribution is -0.117. The van der Waals surface area contributed by atoms with Crippen molar-refractivity contribution in [2.45, 2.75) is 25.0 Å². The van der Waals surface area contributed by atoms with E-state index in [1.807, 2.05) is 67.6 Å². The Hall–Kier alpha value is -2.33. The van der Waals surface area contributed by atoms with Gasteiger partial charge in [0.25, 0.3) is 0 Å². The van der Waals surface area contributed by atoms with E-state index < -0.39 is 0 Å². The van der Waals surface area contributed by atoms with Crippen LogP contribution in [0.3, 0.4) is 0 Å². The Bertz CT molecular complexity index is 756. The predicted molar refractivity (Wildman–Crippen MR) is 98.7 cm³/mol. The van der Waals surface area contributed by atoms with E-state index in [-0.39, 0.29) is 16.9 Å². The Morgan fingerprint density at radius 3 is 2.33 bits per heavy atom. The Morgan fingerprint density at radius 1 is 1.08 bits per heavy atom. The summed E-state index contributed by atoms with van der Waals surface area (Å²) in [5, 5.41) is 0.394. The van der Waals surface area contributed by atoms with Gasteiger partial charge in [-0.1, -0.05) is 67.2 Å². The number of carbonyl (C=O) groups excluding carboxylic acids is 2. The Kier molecular flexibility index (Phi) is 5.16. The Balaban J connectivity index is 1.99. The lowest BCUT2D eigenvalue weighted by Gasteiger charge is -2.17. The number of carbonyl (C=O) groups is 2. The highest BCUT2D eigenvalue weighted by atomic mass is 32.2. The van der Waals surface area contributed by atoms with E-state index in [0.29, 0.717) is 11.4 Å². The van der Waals surface area contributed by atoms with Crippen LogP contribution in [0.4, 0.5) is 5.69 Å². The smallest absolute Gasteiger partial charge is 0.249 e. The van der Waals surface area contributed by atoms with Crippen LogP contribution >= 0.6 is 11.8 Å². The maximum atomic E-state index is 13.0. The summed E-state index contributed by atoms with van der Waals surface area (Å²) in [6, 6.07) is 19.2.